The molecule has 3 aromatic heterocycles. The molecule has 1 aliphatic rings. The van der Waals surface area contributed by atoms with Crippen molar-refractivity contribution in [3.8, 4) is 5.69 Å². The number of hydrogen-bond donors (Lipinski definition) is 1. The highest BCUT2D eigenvalue weighted by Crippen LogP contribution is 2.22. The zero-order valence-corrected chi connectivity index (χ0v) is 13.8. The molecule has 0 bridgehead atoms. The zero-order chi connectivity index (χ0) is 16.8. The standard InChI is InChI=1S/C15H12N8OS/c24-10-3-1-8(5-10)17-15-16-7-13-14(18-15)23(22-19-13)9-2-4-11-12(6-9)21-25-20-11/h2,4,6-7,10,24H,1,3,5H2. The fourth-order valence-electron chi connectivity index (χ4n) is 2.90. The Hall–Kier alpha value is -2.85. The van der Waals surface area contributed by atoms with Crippen LogP contribution in [-0.4, -0.2) is 50.6 Å². The van der Waals surface area contributed by atoms with Crippen molar-refractivity contribution < 1.29 is 5.11 Å². The lowest BCUT2D eigenvalue weighted by atomic mass is 10.3. The van der Waals surface area contributed by atoms with E-state index in [-0.39, 0.29) is 6.10 Å². The second-order valence-corrected chi connectivity index (χ2v) is 6.42. The first-order chi connectivity index (χ1) is 12.3. The van der Waals surface area contributed by atoms with Crippen molar-refractivity contribution in [2.75, 3.05) is 0 Å². The van der Waals surface area contributed by atoms with E-state index in [0.717, 1.165) is 35.3 Å². The van der Waals surface area contributed by atoms with Gasteiger partial charge < -0.3 is 5.11 Å². The number of rotatable bonds is 2. The van der Waals surface area contributed by atoms with Crippen LogP contribution in [-0.2, 0) is 0 Å². The van der Waals surface area contributed by atoms with Crippen molar-refractivity contribution in [3.63, 3.8) is 0 Å². The van der Waals surface area contributed by atoms with Gasteiger partial charge in [0.1, 0.15) is 11.0 Å². The molecule has 1 saturated carbocycles. The van der Waals surface area contributed by atoms with Gasteiger partial charge in [0, 0.05) is 12.1 Å². The zero-order valence-electron chi connectivity index (χ0n) is 12.9. The number of aromatic nitrogens is 7. The van der Waals surface area contributed by atoms with Crippen molar-refractivity contribution >= 4 is 45.6 Å². The second kappa shape index (κ2) is 5.60. The van der Waals surface area contributed by atoms with Crippen molar-refractivity contribution in [1.29, 1.82) is 0 Å². The van der Waals surface area contributed by atoms with Crippen LogP contribution in [0.15, 0.2) is 29.4 Å². The fraction of sp³-hybridized carbons (Fsp3) is 0.267. The van der Waals surface area contributed by atoms with Gasteiger partial charge in [0.2, 0.25) is 0 Å². The van der Waals surface area contributed by atoms with Gasteiger partial charge in [-0.1, -0.05) is 5.21 Å². The molecule has 9 nitrogen and oxygen atoms in total. The maximum absolute atomic E-state index is 9.62. The van der Waals surface area contributed by atoms with Gasteiger partial charge in [-0.15, -0.1) is 5.10 Å². The van der Waals surface area contributed by atoms with E-state index in [2.05, 4.69) is 34.0 Å². The molecule has 1 fully saturated rings. The Labute approximate surface area is 145 Å². The number of aliphatic hydroxyl groups is 1. The lowest BCUT2D eigenvalue weighted by molar-refractivity contribution is 0.188. The van der Waals surface area contributed by atoms with E-state index in [1.165, 1.54) is 11.7 Å². The van der Waals surface area contributed by atoms with Crippen LogP contribution in [0, 0.1) is 0 Å². The molecule has 25 heavy (non-hydrogen) atoms. The highest BCUT2D eigenvalue weighted by Gasteiger charge is 2.19. The predicted molar refractivity (Wildman–Crippen MR) is 92.4 cm³/mol. The Morgan fingerprint density at radius 3 is 3.00 bits per heavy atom. The minimum absolute atomic E-state index is 0.312. The molecule has 1 aromatic carbocycles. The number of fused-ring (bicyclic) bond motifs is 2. The number of benzene rings is 1. The monoisotopic (exact) mass is 352 g/mol. The lowest BCUT2D eigenvalue weighted by Crippen LogP contribution is -2.00. The molecule has 1 N–H and O–H groups in total. The number of nitrogens with zero attached hydrogens (tertiary/aromatic N) is 8. The molecule has 1 atom stereocenters. The van der Waals surface area contributed by atoms with E-state index in [9.17, 15) is 5.11 Å². The number of aliphatic hydroxyl groups excluding tert-OH is 1. The van der Waals surface area contributed by atoms with Gasteiger partial charge in [-0.05, 0) is 31.0 Å². The third-order valence-electron chi connectivity index (χ3n) is 4.16. The third kappa shape index (κ3) is 2.55. The maximum atomic E-state index is 9.62. The normalized spacial score (nSPS) is 19.4. The largest absolute Gasteiger partial charge is 0.393 e. The van der Waals surface area contributed by atoms with Crippen LogP contribution in [0.25, 0.3) is 27.9 Å². The first-order valence-electron chi connectivity index (χ1n) is 7.82. The van der Waals surface area contributed by atoms with Crippen LogP contribution in [0.1, 0.15) is 19.3 Å². The van der Waals surface area contributed by atoms with Crippen molar-refractivity contribution in [1.82, 2.24) is 33.7 Å². The molecule has 3 heterocycles. The highest BCUT2D eigenvalue weighted by molar-refractivity contribution is 7.00. The quantitative estimate of drug-likeness (QED) is 0.585. The number of aliphatic imine (C=N–C) groups is 1. The summed E-state index contributed by atoms with van der Waals surface area (Å²) in [7, 11) is 0. The SMILES string of the molecule is OC1CCC(=Nc2ncc3nnn(-c4ccc5nsnc5c4)c3n2)C1. The molecule has 1 unspecified atom stereocenters. The van der Waals surface area contributed by atoms with E-state index in [1.807, 2.05) is 18.2 Å². The lowest BCUT2D eigenvalue weighted by Gasteiger charge is -2.01. The van der Waals surface area contributed by atoms with Gasteiger partial charge in [-0.3, -0.25) is 0 Å². The molecule has 0 radical (unpaired) electrons. The van der Waals surface area contributed by atoms with E-state index < -0.39 is 0 Å². The summed E-state index contributed by atoms with van der Waals surface area (Å²) >= 11 is 1.17. The first kappa shape index (κ1) is 14.5. The van der Waals surface area contributed by atoms with Crippen LogP contribution in [0.3, 0.4) is 0 Å². The molecular weight excluding hydrogens is 340 g/mol. The Kier molecular flexibility index (Phi) is 3.25. The van der Waals surface area contributed by atoms with Crippen LogP contribution >= 0.6 is 11.7 Å². The molecule has 1 aliphatic carbocycles. The average molecular weight is 352 g/mol. The minimum atomic E-state index is -0.312. The van der Waals surface area contributed by atoms with E-state index in [1.54, 1.807) is 10.9 Å². The average Bonchev–Trinajstić information content (AvgIpc) is 3.33. The summed E-state index contributed by atoms with van der Waals surface area (Å²) in [6, 6.07) is 5.69. The summed E-state index contributed by atoms with van der Waals surface area (Å²) in [6.07, 6.45) is 3.38. The summed E-state index contributed by atoms with van der Waals surface area (Å²) in [4.78, 5) is 13.2. The third-order valence-corrected chi connectivity index (χ3v) is 4.71. The van der Waals surface area contributed by atoms with Gasteiger partial charge in [0.25, 0.3) is 5.95 Å². The van der Waals surface area contributed by atoms with Crippen molar-refractivity contribution in [2.45, 2.75) is 25.4 Å². The van der Waals surface area contributed by atoms with Gasteiger partial charge in [0.05, 0.1) is 29.7 Å². The molecule has 0 amide bonds. The van der Waals surface area contributed by atoms with Crippen LogP contribution in [0.4, 0.5) is 5.95 Å². The molecule has 124 valence electrons. The minimum Gasteiger partial charge on any atom is -0.393 e. The molecule has 0 aliphatic heterocycles. The van der Waals surface area contributed by atoms with Gasteiger partial charge >= 0.3 is 0 Å². The van der Waals surface area contributed by atoms with E-state index in [0.29, 0.717) is 23.5 Å². The Morgan fingerprint density at radius 2 is 2.12 bits per heavy atom. The Balaban J connectivity index is 1.60. The molecule has 4 aromatic rings. The fourth-order valence-corrected chi connectivity index (χ4v) is 3.42. The number of hydrogen-bond acceptors (Lipinski definition) is 9. The summed E-state index contributed by atoms with van der Waals surface area (Å²) in [5.74, 6) is 0.358. The highest BCUT2D eigenvalue weighted by atomic mass is 32.1. The van der Waals surface area contributed by atoms with Crippen LogP contribution in [0.5, 0.6) is 0 Å². The van der Waals surface area contributed by atoms with Gasteiger partial charge in [0.15, 0.2) is 11.2 Å². The summed E-state index contributed by atoms with van der Waals surface area (Å²) in [5, 5.41) is 17.9. The van der Waals surface area contributed by atoms with Gasteiger partial charge in [-0.2, -0.15) is 18.4 Å². The molecule has 5 rings (SSSR count). The summed E-state index contributed by atoms with van der Waals surface area (Å²) in [6.45, 7) is 0. The van der Waals surface area contributed by atoms with Crippen molar-refractivity contribution in [2.24, 2.45) is 4.99 Å². The topological polar surface area (TPSA) is 115 Å². The van der Waals surface area contributed by atoms with E-state index >= 15 is 0 Å². The molecular formula is C15H12N8OS. The second-order valence-electron chi connectivity index (χ2n) is 5.89. The molecule has 0 saturated heterocycles. The van der Waals surface area contributed by atoms with Gasteiger partial charge in [-0.25, -0.2) is 9.98 Å². The first-order valence-corrected chi connectivity index (χ1v) is 8.55. The predicted octanol–water partition coefficient (Wildman–Crippen LogP) is 1.83. The van der Waals surface area contributed by atoms with Crippen LogP contribution < -0.4 is 0 Å². The summed E-state index contributed by atoms with van der Waals surface area (Å²) in [5.41, 5.74) is 4.54. The van der Waals surface area contributed by atoms with E-state index in [4.69, 9.17) is 0 Å². The van der Waals surface area contributed by atoms with Crippen molar-refractivity contribution in [3.05, 3.63) is 24.4 Å². The maximum Gasteiger partial charge on any atom is 0.251 e. The summed E-state index contributed by atoms with van der Waals surface area (Å²) < 4.78 is 10.1. The Morgan fingerprint density at radius 1 is 1.20 bits per heavy atom. The smallest absolute Gasteiger partial charge is 0.251 e. The Bertz CT molecular complexity index is 1120. The molecule has 10 heteroatoms. The molecule has 0 spiro atoms. The van der Waals surface area contributed by atoms with Crippen LogP contribution in [0.2, 0.25) is 0 Å².